The zero-order valence-electron chi connectivity index (χ0n) is 12.6. The number of carbonyl (C=O) groups is 2. The average Bonchev–Trinajstić information content (AvgIpc) is 3.05. The van der Waals surface area contributed by atoms with Crippen LogP contribution < -0.4 is 9.47 Å². The zero-order valence-corrected chi connectivity index (χ0v) is 15.0. The van der Waals surface area contributed by atoms with Crippen LogP contribution in [0.1, 0.15) is 11.1 Å². The summed E-state index contributed by atoms with van der Waals surface area (Å²) in [6.45, 7) is 10.5. The van der Waals surface area contributed by atoms with Gasteiger partial charge in [-0.15, -0.1) is 22.7 Å². The maximum absolute atomic E-state index is 11.5. The predicted octanol–water partition coefficient (Wildman–Crippen LogP) is 4.76. The summed E-state index contributed by atoms with van der Waals surface area (Å²) in [5.41, 5.74) is 1.73. The Kier molecular flexibility index (Phi) is 5.81. The average molecular weight is 366 g/mol. The third-order valence-electron chi connectivity index (χ3n) is 2.70. The molecule has 0 bridgehead atoms. The molecule has 0 aliphatic rings. The number of hydrogen-bond acceptors (Lipinski definition) is 7. The number of carbonyl (C=O) groups excluding carboxylic acids is 2. The molecule has 0 fully saturated rings. The molecule has 23 heavy (non-hydrogen) atoms. The van der Waals surface area contributed by atoms with Crippen LogP contribution in [0.4, 0.5) is 0 Å². The van der Waals surface area contributed by atoms with Gasteiger partial charge in [-0.1, -0.05) is 24.9 Å². The van der Waals surface area contributed by atoms with Crippen molar-refractivity contribution >= 4 is 46.4 Å². The van der Waals surface area contributed by atoms with Gasteiger partial charge in [-0.3, -0.25) is 0 Å². The minimum Gasteiger partial charge on any atom is -0.421 e. The normalized spacial score (nSPS) is 10.2. The summed E-state index contributed by atoms with van der Waals surface area (Å²) in [7, 11) is 0. The van der Waals surface area contributed by atoms with E-state index in [1.54, 1.807) is 0 Å². The third kappa shape index (κ3) is 4.13. The van der Waals surface area contributed by atoms with Gasteiger partial charge in [0, 0.05) is 23.3 Å². The van der Waals surface area contributed by atoms with Crippen molar-refractivity contribution < 1.29 is 19.1 Å². The van der Waals surface area contributed by atoms with Gasteiger partial charge in [0.2, 0.25) is 0 Å². The van der Waals surface area contributed by atoms with Crippen molar-refractivity contribution in [3.05, 3.63) is 47.2 Å². The highest BCUT2D eigenvalue weighted by atomic mass is 32.2. The van der Waals surface area contributed by atoms with Gasteiger partial charge < -0.3 is 9.47 Å². The fraction of sp³-hybridized carbons (Fsp3) is 0.125. The first-order chi connectivity index (χ1) is 11.0. The summed E-state index contributed by atoms with van der Waals surface area (Å²) in [6, 6.07) is 0. The summed E-state index contributed by atoms with van der Waals surface area (Å²) < 4.78 is 12.2. The molecule has 0 aliphatic heterocycles. The maximum atomic E-state index is 11.5. The van der Waals surface area contributed by atoms with Crippen LogP contribution in [0.25, 0.3) is 0 Å². The monoisotopic (exact) mass is 366 g/mol. The molecule has 7 heteroatoms. The Hall–Kier alpha value is -1.83. The Bertz CT molecular complexity index is 706. The maximum Gasteiger partial charge on any atom is 0.335 e. The number of thiophene rings is 2. The molecule has 0 spiro atoms. The standard InChI is InChI=1S/C16H14O4S3/c1-5-11(17)19-13-9(3)7-21-15(13)23-16-14(10(4)8-22-16)20-12(18)6-2/h5-8H,1-2H2,3-4H3. The molecule has 0 amide bonds. The molecule has 4 nitrogen and oxygen atoms in total. The van der Waals surface area contributed by atoms with Crippen molar-refractivity contribution in [2.45, 2.75) is 22.3 Å². The summed E-state index contributed by atoms with van der Waals surface area (Å²) >= 11 is 4.33. The van der Waals surface area contributed by atoms with Gasteiger partial charge >= 0.3 is 11.9 Å². The Balaban J connectivity index is 2.30. The SMILES string of the molecule is C=CC(=O)Oc1c(C)csc1Sc1scc(C)c1OC(=O)C=C. The predicted molar refractivity (Wildman–Crippen MR) is 93.9 cm³/mol. The van der Waals surface area contributed by atoms with Crippen molar-refractivity contribution in [3.8, 4) is 11.5 Å². The lowest BCUT2D eigenvalue weighted by Crippen LogP contribution is -2.04. The number of esters is 2. The van der Waals surface area contributed by atoms with Gasteiger partial charge in [-0.05, 0) is 24.6 Å². The second-order valence-corrected chi connectivity index (χ2v) is 7.72. The molecule has 0 radical (unpaired) electrons. The summed E-state index contributed by atoms with van der Waals surface area (Å²) in [5, 5.41) is 3.81. The molecule has 0 saturated carbocycles. The van der Waals surface area contributed by atoms with E-state index in [-0.39, 0.29) is 0 Å². The highest BCUT2D eigenvalue weighted by molar-refractivity contribution is 8.03. The summed E-state index contributed by atoms with van der Waals surface area (Å²) in [6.07, 6.45) is 2.25. The third-order valence-corrected chi connectivity index (χ3v) is 6.26. The van der Waals surface area contributed by atoms with E-state index in [9.17, 15) is 9.59 Å². The van der Waals surface area contributed by atoms with Gasteiger partial charge in [0.25, 0.3) is 0 Å². The number of aryl methyl sites for hydroxylation is 2. The molecule has 2 heterocycles. The molecule has 2 rings (SSSR count). The molecule has 0 aromatic carbocycles. The van der Waals surface area contributed by atoms with Gasteiger partial charge in [0.1, 0.15) is 8.42 Å². The lowest BCUT2D eigenvalue weighted by atomic mass is 10.4. The first-order valence-corrected chi connectivity index (χ1v) is 9.06. The highest BCUT2D eigenvalue weighted by Gasteiger charge is 2.19. The quantitative estimate of drug-likeness (QED) is 0.545. The molecule has 120 valence electrons. The van der Waals surface area contributed by atoms with Gasteiger partial charge in [0.15, 0.2) is 11.5 Å². The van der Waals surface area contributed by atoms with E-state index in [0.29, 0.717) is 11.5 Å². The van der Waals surface area contributed by atoms with Crippen LogP contribution in [0.15, 0.2) is 44.5 Å². The first kappa shape index (κ1) is 17.5. The van der Waals surface area contributed by atoms with Gasteiger partial charge in [-0.25, -0.2) is 9.59 Å². The summed E-state index contributed by atoms with van der Waals surface area (Å²) in [5.74, 6) is 0.0111. The van der Waals surface area contributed by atoms with Crippen molar-refractivity contribution in [1.29, 1.82) is 0 Å². The van der Waals surface area contributed by atoms with Crippen LogP contribution >= 0.6 is 34.4 Å². The lowest BCUT2D eigenvalue weighted by Gasteiger charge is -2.06. The van der Waals surface area contributed by atoms with Crippen LogP contribution in [0.5, 0.6) is 11.5 Å². The van der Waals surface area contributed by atoms with Gasteiger partial charge in [-0.2, -0.15) is 0 Å². The Morgan fingerprint density at radius 2 is 1.35 bits per heavy atom. The smallest absolute Gasteiger partial charge is 0.335 e. The number of ether oxygens (including phenoxy) is 2. The Labute approximate surface area is 146 Å². The molecule has 0 aliphatic carbocycles. The summed E-state index contributed by atoms with van der Waals surface area (Å²) in [4.78, 5) is 22.9. The van der Waals surface area contributed by atoms with Crippen molar-refractivity contribution in [2.24, 2.45) is 0 Å². The van der Waals surface area contributed by atoms with Crippen molar-refractivity contribution in [1.82, 2.24) is 0 Å². The second-order valence-electron chi connectivity index (χ2n) is 4.42. The number of hydrogen-bond donors (Lipinski definition) is 0. The van der Waals surface area contributed by atoms with E-state index in [0.717, 1.165) is 31.7 Å². The fourth-order valence-corrected chi connectivity index (χ4v) is 5.07. The molecule has 0 N–H and O–H groups in total. The molecule has 2 aromatic heterocycles. The largest absolute Gasteiger partial charge is 0.421 e. The minimum absolute atomic E-state index is 0.506. The molecular formula is C16H14O4S3. The van der Waals surface area contributed by atoms with E-state index in [4.69, 9.17) is 9.47 Å². The molecule has 2 aromatic rings. The van der Waals surface area contributed by atoms with E-state index in [2.05, 4.69) is 13.2 Å². The Morgan fingerprint density at radius 1 is 0.957 bits per heavy atom. The van der Waals surface area contributed by atoms with E-state index >= 15 is 0 Å². The lowest BCUT2D eigenvalue weighted by molar-refractivity contribution is -0.130. The van der Waals surface area contributed by atoms with Crippen LogP contribution in [0.3, 0.4) is 0 Å². The Morgan fingerprint density at radius 3 is 1.70 bits per heavy atom. The number of rotatable bonds is 6. The van der Waals surface area contributed by atoms with E-state index in [1.807, 2.05) is 24.6 Å². The van der Waals surface area contributed by atoms with Crippen LogP contribution in [0, 0.1) is 13.8 Å². The van der Waals surface area contributed by atoms with Crippen LogP contribution in [0.2, 0.25) is 0 Å². The van der Waals surface area contributed by atoms with Crippen molar-refractivity contribution in [2.75, 3.05) is 0 Å². The van der Waals surface area contributed by atoms with E-state index < -0.39 is 11.9 Å². The second kappa shape index (κ2) is 7.63. The van der Waals surface area contributed by atoms with Crippen molar-refractivity contribution in [3.63, 3.8) is 0 Å². The molecule has 0 unspecified atom stereocenters. The molecule has 0 atom stereocenters. The van der Waals surface area contributed by atoms with Crippen LogP contribution in [-0.4, -0.2) is 11.9 Å². The molecular weight excluding hydrogens is 352 g/mol. The topological polar surface area (TPSA) is 52.6 Å². The van der Waals surface area contributed by atoms with Gasteiger partial charge in [0.05, 0.1) is 0 Å². The minimum atomic E-state index is -0.506. The fourth-order valence-electron chi connectivity index (χ4n) is 1.57. The molecule has 0 saturated heterocycles. The van der Waals surface area contributed by atoms with Crippen LogP contribution in [-0.2, 0) is 9.59 Å². The first-order valence-electron chi connectivity index (χ1n) is 6.48. The van der Waals surface area contributed by atoms with E-state index in [1.165, 1.54) is 34.4 Å². The zero-order chi connectivity index (χ0) is 17.0. The highest BCUT2D eigenvalue weighted by Crippen LogP contribution is 2.48.